The predicted molar refractivity (Wildman–Crippen MR) is 92.0 cm³/mol. The first-order valence-electron chi connectivity index (χ1n) is 6.89. The van der Waals surface area contributed by atoms with Crippen LogP contribution < -0.4 is 5.73 Å². The van der Waals surface area contributed by atoms with Crippen LogP contribution in [-0.4, -0.2) is 32.1 Å². The van der Waals surface area contributed by atoms with E-state index in [9.17, 15) is 14.4 Å². The van der Waals surface area contributed by atoms with Gasteiger partial charge in [-0.2, -0.15) is 0 Å². The number of nitrogens with two attached hydrogens (primary N) is 1. The number of carbonyl (C=O) groups is 3. The largest absolute Gasteiger partial charge is 0.465 e. The van der Waals surface area contributed by atoms with E-state index in [0.29, 0.717) is 5.02 Å². The number of thiophene rings is 1. The van der Waals surface area contributed by atoms with Crippen molar-refractivity contribution in [2.45, 2.75) is 6.61 Å². The fraction of sp³-hybridized carbons (Fsp3) is 0.188. The van der Waals surface area contributed by atoms with E-state index in [1.165, 1.54) is 26.4 Å². The van der Waals surface area contributed by atoms with Gasteiger partial charge in [-0.25, -0.2) is 14.4 Å². The van der Waals surface area contributed by atoms with Gasteiger partial charge in [-0.1, -0.05) is 17.7 Å². The summed E-state index contributed by atoms with van der Waals surface area (Å²) < 4.78 is 14.5. The van der Waals surface area contributed by atoms with Crippen molar-refractivity contribution in [1.82, 2.24) is 0 Å². The van der Waals surface area contributed by atoms with Crippen molar-refractivity contribution >= 4 is 45.8 Å². The first-order chi connectivity index (χ1) is 11.9. The summed E-state index contributed by atoms with van der Waals surface area (Å²) in [6.45, 7) is -0.353. The van der Waals surface area contributed by atoms with E-state index >= 15 is 0 Å². The summed E-state index contributed by atoms with van der Waals surface area (Å²) in [4.78, 5) is 36.0. The number of hydrogen-bond donors (Lipinski definition) is 1. The lowest BCUT2D eigenvalue weighted by molar-refractivity contribution is 0.0452. The van der Waals surface area contributed by atoms with Gasteiger partial charge >= 0.3 is 17.9 Å². The molecular formula is C16H14ClNO6S. The van der Waals surface area contributed by atoms with Crippen LogP contribution in [-0.2, 0) is 20.8 Å². The molecule has 2 aromatic rings. The lowest BCUT2D eigenvalue weighted by atomic mass is 10.1. The number of rotatable bonds is 5. The van der Waals surface area contributed by atoms with Gasteiger partial charge in [0.1, 0.15) is 22.0 Å². The van der Waals surface area contributed by atoms with Gasteiger partial charge in [-0.15, -0.1) is 11.3 Å². The van der Waals surface area contributed by atoms with Crippen molar-refractivity contribution in [3.05, 3.63) is 50.9 Å². The first-order valence-corrected chi connectivity index (χ1v) is 8.09. The average molecular weight is 384 g/mol. The van der Waals surface area contributed by atoms with Gasteiger partial charge in [0.05, 0.1) is 19.8 Å². The summed E-state index contributed by atoms with van der Waals surface area (Å²) >= 11 is 6.69. The van der Waals surface area contributed by atoms with E-state index in [1.807, 2.05) is 0 Å². The zero-order valence-electron chi connectivity index (χ0n) is 13.3. The highest BCUT2D eigenvalue weighted by atomic mass is 35.5. The second kappa shape index (κ2) is 8.00. The number of nitrogen functional groups attached to an aromatic ring is 1. The van der Waals surface area contributed by atoms with Gasteiger partial charge in [0, 0.05) is 10.6 Å². The third-order valence-corrected chi connectivity index (χ3v) is 4.48. The zero-order chi connectivity index (χ0) is 18.6. The molecule has 0 saturated heterocycles. The lowest BCUT2D eigenvalue weighted by Gasteiger charge is -2.08. The van der Waals surface area contributed by atoms with Gasteiger partial charge in [0.25, 0.3) is 0 Å². The Kier molecular flexibility index (Phi) is 6.00. The molecule has 2 N–H and O–H groups in total. The Morgan fingerprint density at radius 3 is 2.40 bits per heavy atom. The van der Waals surface area contributed by atoms with E-state index in [1.54, 1.807) is 12.1 Å². The quantitative estimate of drug-likeness (QED) is 0.625. The Labute approximate surface area is 152 Å². The molecule has 0 amide bonds. The molecule has 132 valence electrons. The number of methoxy groups -OCH3 is 2. The first kappa shape index (κ1) is 18.8. The summed E-state index contributed by atoms with van der Waals surface area (Å²) in [5.74, 6) is -2.10. The molecular weight excluding hydrogens is 370 g/mol. The second-order valence-electron chi connectivity index (χ2n) is 4.72. The van der Waals surface area contributed by atoms with Crippen molar-refractivity contribution in [2.24, 2.45) is 0 Å². The summed E-state index contributed by atoms with van der Waals surface area (Å²) in [5, 5.41) is 0.445. The number of hydrogen-bond acceptors (Lipinski definition) is 8. The van der Waals surface area contributed by atoms with Crippen LogP contribution in [0.4, 0.5) is 5.00 Å². The standard InChI is InChI=1S/C16H14ClNO6S/c1-22-15(20)11-10(12(16(21)23-2)25-13(11)18)7-24-14(19)8-4-3-5-9(17)6-8/h3-6H,7,18H2,1-2H3. The van der Waals surface area contributed by atoms with Gasteiger partial charge < -0.3 is 19.9 Å². The van der Waals surface area contributed by atoms with Crippen molar-refractivity contribution in [2.75, 3.05) is 20.0 Å². The van der Waals surface area contributed by atoms with Crippen molar-refractivity contribution in [3.63, 3.8) is 0 Å². The van der Waals surface area contributed by atoms with Crippen LogP contribution in [0.15, 0.2) is 24.3 Å². The molecule has 0 saturated carbocycles. The number of anilines is 1. The number of ether oxygens (including phenoxy) is 3. The van der Waals surface area contributed by atoms with Crippen LogP contribution in [0.25, 0.3) is 0 Å². The van der Waals surface area contributed by atoms with Gasteiger partial charge in [-0.3, -0.25) is 0 Å². The molecule has 0 aliphatic rings. The molecule has 0 spiro atoms. The summed E-state index contributed by atoms with van der Waals surface area (Å²) in [6, 6.07) is 6.18. The topological polar surface area (TPSA) is 105 Å². The number of halogens is 1. The molecule has 0 bridgehead atoms. The Morgan fingerprint density at radius 1 is 1.12 bits per heavy atom. The number of esters is 3. The third kappa shape index (κ3) is 4.09. The highest BCUT2D eigenvalue weighted by molar-refractivity contribution is 7.18. The molecule has 0 atom stereocenters. The van der Waals surface area contributed by atoms with E-state index < -0.39 is 17.9 Å². The molecule has 9 heteroatoms. The fourth-order valence-electron chi connectivity index (χ4n) is 2.04. The minimum absolute atomic E-state index is 0.0215. The van der Waals surface area contributed by atoms with Crippen LogP contribution in [0.1, 0.15) is 36.0 Å². The second-order valence-corrected chi connectivity index (χ2v) is 6.21. The molecule has 1 aromatic carbocycles. The minimum Gasteiger partial charge on any atom is -0.465 e. The highest BCUT2D eigenvalue weighted by Crippen LogP contribution is 2.33. The molecule has 7 nitrogen and oxygen atoms in total. The van der Waals surface area contributed by atoms with Crippen LogP contribution in [0.3, 0.4) is 0 Å². The molecule has 25 heavy (non-hydrogen) atoms. The average Bonchev–Trinajstić information content (AvgIpc) is 2.94. The van der Waals surface area contributed by atoms with Crippen LogP contribution >= 0.6 is 22.9 Å². The van der Waals surface area contributed by atoms with Gasteiger partial charge in [0.2, 0.25) is 0 Å². The molecule has 0 aliphatic carbocycles. The molecule has 0 radical (unpaired) electrons. The monoisotopic (exact) mass is 383 g/mol. The lowest BCUT2D eigenvalue weighted by Crippen LogP contribution is -2.12. The van der Waals surface area contributed by atoms with Gasteiger partial charge in [-0.05, 0) is 18.2 Å². The Morgan fingerprint density at radius 2 is 1.80 bits per heavy atom. The number of benzene rings is 1. The van der Waals surface area contributed by atoms with Crippen LogP contribution in [0.2, 0.25) is 5.02 Å². The summed E-state index contributed by atoms with van der Waals surface area (Å²) in [5.41, 5.74) is 6.15. The van der Waals surface area contributed by atoms with E-state index in [2.05, 4.69) is 9.47 Å². The maximum absolute atomic E-state index is 12.1. The molecule has 1 heterocycles. The summed E-state index contributed by atoms with van der Waals surface area (Å²) in [7, 11) is 2.37. The van der Waals surface area contributed by atoms with Gasteiger partial charge in [0.15, 0.2) is 0 Å². The molecule has 1 aromatic heterocycles. The Bertz CT molecular complexity index is 832. The smallest absolute Gasteiger partial charge is 0.348 e. The maximum Gasteiger partial charge on any atom is 0.348 e. The van der Waals surface area contributed by atoms with Crippen LogP contribution in [0, 0.1) is 0 Å². The zero-order valence-corrected chi connectivity index (χ0v) is 14.9. The Hall–Kier alpha value is -2.58. The highest BCUT2D eigenvalue weighted by Gasteiger charge is 2.28. The van der Waals surface area contributed by atoms with E-state index in [4.69, 9.17) is 22.1 Å². The maximum atomic E-state index is 12.1. The SMILES string of the molecule is COC(=O)c1sc(N)c(C(=O)OC)c1COC(=O)c1cccc(Cl)c1. The Balaban J connectivity index is 2.32. The van der Waals surface area contributed by atoms with Crippen LogP contribution in [0.5, 0.6) is 0 Å². The van der Waals surface area contributed by atoms with E-state index in [0.717, 1.165) is 11.3 Å². The minimum atomic E-state index is -0.738. The molecule has 0 fully saturated rings. The van der Waals surface area contributed by atoms with Crippen molar-refractivity contribution < 1.29 is 28.6 Å². The third-order valence-electron chi connectivity index (χ3n) is 3.20. The van der Waals surface area contributed by atoms with Crippen molar-refractivity contribution in [1.29, 1.82) is 0 Å². The fourth-order valence-corrected chi connectivity index (χ4v) is 3.21. The summed E-state index contributed by atoms with van der Waals surface area (Å²) in [6.07, 6.45) is 0. The molecule has 2 rings (SSSR count). The van der Waals surface area contributed by atoms with Crippen molar-refractivity contribution in [3.8, 4) is 0 Å². The molecule has 0 aliphatic heterocycles. The van der Waals surface area contributed by atoms with E-state index in [-0.39, 0.29) is 33.2 Å². The number of carbonyl (C=O) groups excluding carboxylic acids is 3. The normalized spacial score (nSPS) is 10.2. The predicted octanol–water partition coefficient (Wildman–Crippen LogP) is 2.91. The molecule has 0 unspecified atom stereocenters.